The zero-order chi connectivity index (χ0) is 12.0. The average Bonchev–Trinajstić information content (AvgIpc) is 3.13. The summed E-state index contributed by atoms with van der Waals surface area (Å²) in [4.78, 5) is 20.9. The molecule has 1 N–H and O–H groups in total. The van der Waals surface area contributed by atoms with E-state index in [9.17, 15) is 0 Å². The maximum Gasteiger partial charge on any atom is 0.177 e. The van der Waals surface area contributed by atoms with Crippen LogP contribution >= 0.6 is 0 Å². The second-order valence-electron chi connectivity index (χ2n) is 4.61. The Balaban J connectivity index is 1.87. The number of nitrogens with zero attached hydrogens (tertiary/aromatic N) is 4. The summed E-state index contributed by atoms with van der Waals surface area (Å²) in [6.45, 7) is 0. The van der Waals surface area contributed by atoms with E-state index in [2.05, 4.69) is 24.9 Å². The number of hydrogen-bond donors (Lipinski definition) is 1. The van der Waals surface area contributed by atoms with E-state index in [1.807, 2.05) is 18.2 Å². The van der Waals surface area contributed by atoms with Crippen molar-refractivity contribution in [3.8, 4) is 0 Å². The minimum absolute atomic E-state index is 0.123. The van der Waals surface area contributed by atoms with Crippen molar-refractivity contribution in [3.05, 3.63) is 48.4 Å². The molecular formula is C13H11N5. The summed E-state index contributed by atoms with van der Waals surface area (Å²) in [7, 11) is 0. The molecule has 18 heavy (non-hydrogen) atoms. The van der Waals surface area contributed by atoms with Crippen molar-refractivity contribution >= 4 is 11.2 Å². The molecule has 3 aromatic heterocycles. The van der Waals surface area contributed by atoms with Crippen LogP contribution in [0.1, 0.15) is 24.5 Å². The molecule has 0 aliphatic heterocycles. The number of aromatic nitrogens is 5. The smallest absolute Gasteiger partial charge is 0.177 e. The van der Waals surface area contributed by atoms with Crippen LogP contribution in [0.3, 0.4) is 0 Å². The molecule has 0 spiro atoms. The molecule has 4 rings (SSSR count). The molecule has 5 heteroatoms. The summed E-state index contributed by atoms with van der Waals surface area (Å²) in [5.41, 5.74) is 1.60. The normalized spacial score (nSPS) is 16.9. The minimum Gasteiger partial charge on any atom is -0.340 e. The van der Waals surface area contributed by atoms with Gasteiger partial charge in [0, 0.05) is 18.6 Å². The maximum atomic E-state index is 4.58. The largest absolute Gasteiger partial charge is 0.340 e. The van der Waals surface area contributed by atoms with Gasteiger partial charge in [0.05, 0.1) is 10.9 Å². The number of H-pyrrole nitrogens is 1. The Labute approximate surface area is 103 Å². The van der Waals surface area contributed by atoms with Gasteiger partial charge in [-0.15, -0.1) is 0 Å². The van der Waals surface area contributed by atoms with Crippen molar-refractivity contribution in [2.45, 2.75) is 18.3 Å². The first kappa shape index (κ1) is 9.70. The van der Waals surface area contributed by atoms with Gasteiger partial charge in [0.15, 0.2) is 5.65 Å². The van der Waals surface area contributed by atoms with E-state index in [1.165, 1.54) is 0 Å². The maximum absolute atomic E-state index is 4.58. The molecule has 3 heterocycles. The van der Waals surface area contributed by atoms with E-state index in [0.29, 0.717) is 0 Å². The van der Waals surface area contributed by atoms with Crippen LogP contribution in [0.2, 0.25) is 0 Å². The monoisotopic (exact) mass is 237 g/mol. The van der Waals surface area contributed by atoms with Crippen molar-refractivity contribution < 1.29 is 0 Å². The molecule has 0 unspecified atom stereocenters. The third kappa shape index (κ3) is 1.27. The summed E-state index contributed by atoms with van der Waals surface area (Å²) < 4.78 is 0. The molecule has 1 saturated carbocycles. The Morgan fingerprint density at radius 1 is 1.00 bits per heavy atom. The molecule has 1 fully saturated rings. The molecule has 0 saturated heterocycles. The summed E-state index contributed by atoms with van der Waals surface area (Å²) in [5.74, 6) is 1.78. The molecular weight excluding hydrogens is 226 g/mol. The number of fused-ring (bicyclic) bond motifs is 1. The van der Waals surface area contributed by atoms with E-state index in [-0.39, 0.29) is 5.41 Å². The summed E-state index contributed by atoms with van der Waals surface area (Å²) in [6.07, 6.45) is 7.39. The minimum atomic E-state index is -0.123. The van der Waals surface area contributed by atoms with Crippen LogP contribution in [0.15, 0.2) is 36.8 Å². The van der Waals surface area contributed by atoms with E-state index in [4.69, 9.17) is 0 Å². The van der Waals surface area contributed by atoms with Gasteiger partial charge in [-0.25, -0.2) is 19.9 Å². The Morgan fingerprint density at radius 2 is 1.78 bits per heavy atom. The highest BCUT2D eigenvalue weighted by Gasteiger charge is 2.51. The van der Waals surface area contributed by atoms with Crippen molar-refractivity contribution in [2.24, 2.45) is 0 Å². The molecule has 1 aliphatic carbocycles. The van der Waals surface area contributed by atoms with Gasteiger partial charge in [-0.1, -0.05) is 0 Å². The molecule has 0 bridgehead atoms. The van der Waals surface area contributed by atoms with E-state index in [1.54, 1.807) is 18.6 Å². The standard InChI is InChI=1S/C13H11N5/c1-3-9-10(14-6-1)18-12(17-9)13(4-5-13)11-15-7-2-8-16-11/h1-3,6-8H,4-5H2,(H,14,17,18). The average molecular weight is 237 g/mol. The van der Waals surface area contributed by atoms with Gasteiger partial charge in [-0.2, -0.15) is 0 Å². The molecule has 0 atom stereocenters. The summed E-state index contributed by atoms with van der Waals surface area (Å²) in [6, 6.07) is 5.73. The highest BCUT2D eigenvalue weighted by atomic mass is 15.0. The third-order valence-electron chi connectivity index (χ3n) is 3.45. The van der Waals surface area contributed by atoms with Crippen LogP contribution in [-0.2, 0) is 5.41 Å². The van der Waals surface area contributed by atoms with Crippen LogP contribution in [0.5, 0.6) is 0 Å². The highest BCUT2D eigenvalue weighted by molar-refractivity contribution is 5.70. The lowest BCUT2D eigenvalue weighted by molar-refractivity contribution is 0.709. The SMILES string of the molecule is c1cnc(C2(c3nc4ncccc4[nH]3)CC2)nc1. The van der Waals surface area contributed by atoms with Gasteiger partial charge in [-0.05, 0) is 31.0 Å². The van der Waals surface area contributed by atoms with Gasteiger partial charge in [0.2, 0.25) is 0 Å². The fourth-order valence-electron chi connectivity index (χ4n) is 2.31. The molecule has 0 amide bonds. The zero-order valence-electron chi connectivity index (χ0n) is 9.67. The van der Waals surface area contributed by atoms with Crippen molar-refractivity contribution in [1.29, 1.82) is 0 Å². The fourth-order valence-corrected chi connectivity index (χ4v) is 2.31. The lowest BCUT2D eigenvalue weighted by atomic mass is 10.1. The number of nitrogens with one attached hydrogen (secondary N) is 1. The van der Waals surface area contributed by atoms with Gasteiger partial charge in [0.25, 0.3) is 0 Å². The number of hydrogen-bond acceptors (Lipinski definition) is 4. The summed E-state index contributed by atoms with van der Waals surface area (Å²) >= 11 is 0. The van der Waals surface area contributed by atoms with E-state index < -0.39 is 0 Å². The lowest BCUT2D eigenvalue weighted by Crippen LogP contribution is -2.14. The van der Waals surface area contributed by atoms with Crippen molar-refractivity contribution in [3.63, 3.8) is 0 Å². The predicted molar refractivity (Wildman–Crippen MR) is 65.9 cm³/mol. The van der Waals surface area contributed by atoms with Crippen LogP contribution in [0.4, 0.5) is 0 Å². The van der Waals surface area contributed by atoms with Gasteiger partial charge >= 0.3 is 0 Å². The number of imidazole rings is 1. The second-order valence-corrected chi connectivity index (χ2v) is 4.61. The van der Waals surface area contributed by atoms with Crippen molar-refractivity contribution in [2.75, 3.05) is 0 Å². The zero-order valence-corrected chi connectivity index (χ0v) is 9.67. The van der Waals surface area contributed by atoms with E-state index >= 15 is 0 Å². The first-order chi connectivity index (χ1) is 8.88. The van der Waals surface area contributed by atoms with Gasteiger partial charge in [-0.3, -0.25) is 0 Å². The Morgan fingerprint density at radius 3 is 2.50 bits per heavy atom. The Kier molecular flexibility index (Phi) is 1.81. The van der Waals surface area contributed by atoms with Gasteiger partial charge < -0.3 is 4.98 Å². The highest BCUT2D eigenvalue weighted by Crippen LogP contribution is 2.50. The molecule has 3 aromatic rings. The quantitative estimate of drug-likeness (QED) is 0.738. The summed E-state index contributed by atoms with van der Waals surface area (Å²) in [5, 5.41) is 0. The lowest BCUT2D eigenvalue weighted by Gasteiger charge is -2.09. The number of pyridine rings is 1. The Bertz CT molecular complexity index is 666. The molecule has 1 aliphatic rings. The van der Waals surface area contributed by atoms with Crippen LogP contribution in [-0.4, -0.2) is 24.9 Å². The van der Waals surface area contributed by atoms with Crippen LogP contribution in [0.25, 0.3) is 11.2 Å². The van der Waals surface area contributed by atoms with Crippen LogP contribution in [0, 0.1) is 0 Å². The van der Waals surface area contributed by atoms with Crippen LogP contribution < -0.4 is 0 Å². The second kappa shape index (κ2) is 3.35. The van der Waals surface area contributed by atoms with E-state index in [0.717, 1.165) is 35.7 Å². The molecule has 0 aromatic carbocycles. The topological polar surface area (TPSA) is 67.3 Å². The fraction of sp³-hybridized carbons (Fsp3) is 0.231. The first-order valence-electron chi connectivity index (χ1n) is 5.97. The molecule has 5 nitrogen and oxygen atoms in total. The predicted octanol–water partition coefficient (Wildman–Crippen LogP) is 1.83. The number of rotatable bonds is 2. The van der Waals surface area contributed by atoms with Gasteiger partial charge in [0.1, 0.15) is 11.6 Å². The molecule has 0 radical (unpaired) electrons. The third-order valence-corrected chi connectivity index (χ3v) is 3.45. The molecule has 88 valence electrons. The Hall–Kier alpha value is -2.30. The first-order valence-corrected chi connectivity index (χ1v) is 5.97. The number of aromatic amines is 1. The van der Waals surface area contributed by atoms with Crippen molar-refractivity contribution in [1.82, 2.24) is 24.9 Å².